The molecule has 2 N–H and O–H groups in total. The van der Waals surface area contributed by atoms with Crippen LogP contribution < -0.4 is 15.4 Å². The molecule has 1 aromatic carbocycles. The molecule has 0 aliphatic carbocycles. The minimum absolute atomic E-state index is 0.0497. The van der Waals surface area contributed by atoms with E-state index in [-0.39, 0.29) is 13.2 Å². The third kappa shape index (κ3) is 10.6. The number of alkyl halides is 9. The van der Waals surface area contributed by atoms with Crippen molar-refractivity contribution in [2.75, 3.05) is 23.8 Å². The van der Waals surface area contributed by atoms with Crippen LogP contribution in [0.3, 0.4) is 0 Å². The molecule has 0 saturated carbocycles. The highest BCUT2D eigenvalue weighted by Crippen LogP contribution is 2.55. The van der Waals surface area contributed by atoms with Gasteiger partial charge in [0.2, 0.25) is 5.83 Å². The van der Waals surface area contributed by atoms with E-state index in [4.69, 9.17) is 9.47 Å². The summed E-state index contributed by atoms with van der Waals surface area (Å²) in [6.07, 6.45) is -3.65. The first-order valence-corrected chi connectivity index (χ1v) is 13.3. The lowest BCUT2D eigenvalue weighted by molar-refractivity contribution is -0.392. The Morgan fingerprint density at radius 3 is 1.48 bits per heavy atom. The number of hydrogen-bond donors (Lipinski definition) is 2. The molecule has 7 nitrogen and oxygen atoms in total. The number of benzene rings is 1. The van der Waals surface area contributed by atoms with Crippen LogP contribution >= 0.6 is 0 Å². The van der Waals surface area contributed by atoms with Gasteiger partial charge in [0.05, 0.1) is 13.2 Å². The molecule has 0 radical (unpaired) electrons. The van der Waals surface area contributed by atoms with Gasteiger partial charge in [-0.15, -0.1) is 0 Å². The van der Waals surface area contributed by atoms with Crippen LogP contribution in [0.25, 0.3) is 0 Å². The van der Waals surface area contributed by atoms with Crippen molar-refractivity contribution in [2.45, 2.75) is 89.2 Å². The van der Waals surface area contributed by atoms with Gasteiger partial charge in [0.1, 0.15) is 5.75 Å². The first-order chi connectivity index (χ1) is 20.3. The van der Waals surface area contributed by atoms with Crippen LogP contribution in [0.5, 0.6) is 5.75 Å². The van der Waals surface area contributed by atoms with Crippen molar-refractivity contribution in [3.05, 3.63) is 30.0 Å². The van der Waals surface area contributed by atoms with Gasteiger partial charge < -0.3 is 14.2 Å². The van der Waals surface area contributed by atoms with Gasteiger partial charge in [-0.1, -0.05) is 52.4 Å². The SMILES string of the molecule is CCCCCCOC(=O)Nc1cc(NC(=O)OCCCCCC)cc(OC(F)=C(F)C(F)(F)C(F)(F)C(F)(F)C(F)(F)F)c1. The smallest absolute Gasteiger partial charge is 0.449 e. The average molecular weight is 661 g/mol. The summed E-state index contributed by atoms with van der Waals surface area (Å²) in [6, 6.07) is -1.21. The second-order valence-corrected chi connectivity index (χ2v) is 9.30. The Kier molecular flexibility index (Phi) is 14.5. The molecule has 0 aromatic heterocycles. The van der Waals surface area contributed by atoms with Crippen LogP contribution in [0.1, 0.15) is 65.2 Å². The van der Waals surface area contributed by atoms with E-state index >= 15 is 0 Å². The maximum absolute atomic E-state index is 14.2. The topological polar surface area (TPSA) is 85.9 Å². The summed E-state index contributed by atoms with van der Waals surface area (Å²) in [5.74, 6) is -27.3. The van der Waals surface area contributed by atoms with Crippen LogP contribution in [0.15, 0.2) is 30.0 Å². The average Bonchev–Trinajstić information content (AvgIpc) is 2.91. The van der Waals surface area contributed by atoms with E-state index < -0.39 is 65.1 Å². The Bertz CT molecular complexity index is 1080. The third-order valence-electron chi connectivity index (χ3n) is 5.66. The lowest BCUT2D eigenvalue weighted by atomic mass is 10.0. The van der Waals surface area contributed by atoms with Gasteiger partial charge in [-0.25, -0.2) is 9.59 Å². The zero-order valence-corrected chi connectivity index (χ0v) is 23.5. The summed E-state index contributed by atoms with van der Waals surface area (Å²) >= 11 is 0. The molecule has 0 aliphatic rings. The van der Waals surface area contributed by atoms with E-state index in [2.05, 4.69) is 15.4 Å². The molecule has 0 unspecified atom stereocenters. The normalized spacial score (nSPS) is 13.2. The van der Waals surface area contributed by atoms with Gasteiger partial charge in [-0.05, 0) is 18.9 Å². The number of nitrogens with one attached hydrogen (secondary N) is 2. The second-order valence-electron chi connectivity index (χ2n) is 9.30. The zero-order chi connectivity index (χ0) is 33.8. The fourth-order valence-electron chi connectivity index (χ4n) is 3.28. The number of hydrogen-bond acceptors (Lipinski definition) is 5. The van der Waals surface area contributed by atoms with Crippen molar-refractivity contribution < 1.29 is 72.1 Å². The van der Waals surface area contributed by atoms with Crippen LogP contribution in [-0.4, -0.2) is 49.3 Å². The fourth-order valence-corrected chi connectivity index (χ4v) is 3.28. The summed E-state index contributed by atoms with van der Waals surface area (Å²) < 4.78 is 160. The van der Waals surface area contributed by atoms with Crippen molar-refractivity contribution in [3.8, 4) is 5.75 Å². The maximum atomic E-state index is 14.2. The summed E-state index contributed by atoms with van der Waals surface area (Å²) in [5, 5.41) is 4.18. The molecule has 2 amide bonds. The lowest BCUT2D eigenvalue weighted by Gasteiger charge is -2.32. The Morgan fingerprint density at radius 2 is 1.09 bits per heavy atom. The number of carbonyl (C=O) groups excluding carboxylic acids is 2. The van der Waals surface area contributed by atoms with E-state index in [0.29, 0.717) is 25.0 Å². The number of halogens is 11. The first kappa shape index (κ1) is 38.6. The fraction of sp³-hybridized carbons (Fsp3) is 0.615. The van der Waals surface area contributed by atoms with Gasteiger partial charge in [0.15, 0.2) is 0 Å². The van der Waals surface area contributed by atoms with Gasteiger partial charge in [0.25, 0.3) is 0 Å². The molecule has 1 aromatic rings. The predicted molar refractivity (Wildman–Crippen MR) is 135 cm³/mol. The van der Waals surface area contributed by atoms with Crippen molar-refractivity contribution >= 4 is 23.6 Å². The number of rotatable bonds is 17. The number of ether oxygens (including phenoxy) is 3. The van der Waals surface area contributed by atoms with Crippen LogP contribution in [0.4, 0.5) is 69.3 Å². The Labute approximate surface area is 245 Å². The minimum Gasteiger partial charge on any atom is -0.449 e. The highest BCUT2D eigenvalue weighted by Gasteiger charge is 2.83. The highest BCUT2D eigenvalue weighted by molar-refractivity contribution is 5.89. The number of allylic oxidation sites excluding steroid dienone is 1. The van der Waals surface area contributed by atoms with Crippen LogP contribution in [0, 0.1) is 0 Å². The molecule has 252 valence electrons. The summed E-state index contributed by atoms with van der Waals surface area (Å²) in [6.45, 7) is 3.77. The van der Waals surface area contributed by atoms with Crippen LogP contribution in [0.2, 0.25) is 0 Å². The quantitative estimate of drug-likeness (QED) is 0.0987. The summed E-state index contributed by atoms with van der Waals surface area (Å²) in [5.41, 5.74) is -0.874. The number of carbonyl (C=O) groups is 2. The maximum Gasteiger partial charge on any atom is 0.460 e. The van der Waals surface area contributed by atoms with E-state index in [9.17, 15) is 57.9 Å². The number of unbranched alkanes of at least 4 members (excludes halogenated alkanes) is 6. The molecule has 0 saturated heterocycles. The monoisotopic (exact) mass is 660 g/mol. The number of amides is 2. The third-order valence-corrected chi connectivity index (χ3v) is 5.66. The molecule has 1 rings (SSSR count). The zero-order valence-electron chi connectivity index (χ0n) is 23.5. The Morgan fingerprint density at radius 1 is 0.659 bits per heavy atom. The van der Waals surface area contributed by atoms with E-state index in [1.54, 1.807) is 0 Å². The van der Waals surface area contributed by atoms with E-state index in [1.807, 2.05) is 13.8 Å². The number of anilines is 2. The standard InChI is InChI=1S/C26H31F11N2O5/c1-3-5-7-9-11-42-21(40)38-16-13-17(39-22(41)43-12-10-8-6-4-2)15-18(14-16)44-20(28)19(27)23(29,30)24(31,32)25(33,34)26(35,36)37/h13-15H,3-12H2,1-2H3,(H,38,40)(H,39,41). The molecule has 44 heavy (non-hydrogen) atoms. The second kappa shape index (κ2) is 16.6. The van der Waals surface area contributed by atoms with Crippen molar-refractivity contribution in [3.63, 3.8) is 0 Å². The van der Waals surface area contributed by atoms with Crippen molar-refractivity contribution in [1.29, 1.82) is 0 Å². The molecule has 0 spiro atoms. The molecule has 0 atom stereocenters. The lowest BCUT2D eigenvalue weighted by Crippen LogP contribution is -2.61. The van der Waals surface area contributed by atoms with E-state index in [0.717, 1.165) is 44.6 Å². The van der Waals surface area contributed by atoms with E-state index in [1.165, 1.54) is 0 Å². The molecule has 18 heteroatoms. The Hall–Kier alpha value is -3.47. The van der Waals surface area contributed by atoms with Crippen molar-refractivity contribution in [2.24, 2.45) is 0 Å². The molecular weight excluding hydrogens is 629 g/mol. The summed E-state index contributed by atoms with van der Waals surface area (Å²) in [7, 11) is 0. The first-order valence-electron chi connectivity index (χ1n) is 13.3. The minimum atomic E-state index is -7.50. The highest BCUT2D eigenvalue weighted by atomic mass is 19.4. The van der Waals surface area contributed by atoms with Gasteiger partial charge in [-0.3, -0.25) is 10.6 Å². The Balaban J connectivity index is 3.29. The molecular formula is C26H31F11N2O5. The van der Waals surface area contributed by atoms with Gasteiger partial charge >= 0.3 is 42.1 Å². The largest absolute Gasteiger partial charge is 0.460 e. The molecule has 0 aliphatic heterocycles. The predicted octanol–water partition coefficient (Wildman–Crippen LogP) is 9.90. The molecule has 0 bridgehead atoms. The van der Waals surface area contributed by atoms with Gasteiger partial charge in [-0.2, -0.15) is 48.3 Å². The molecule has 0 heterocycles. The van der Waals surface area contributed by atoms with Gasteiger partial charge in [0, 0.05) is 23.5 Å². The molecule has 0 fully saturated rings. The summed E-state index contributed by atoms with van der Waals surface area (Å²) in [4.78, 5) is 24.2. The van der Waals surface area contributed by atoms with Crippen molar-refractivity contribution in [1.82, 2.24) is 0 Å². The van der Waals surface area contributed by atoms with Crippen LogP contribution in [-0.2, 0) is 9.47 Å².